The van der Waals surface area contributed by atoms with E-state index >= 15 is 0 Å². The van der Waals surface area contributed by atoms with E-state index in [9.17, 15) is 4.79 Å². The molecule has 0 fully saturated rings. The predicted octanol–water partition coefficient (Wildman–Crippen LogP) is 4.83. The molecule has 0 radical (unpaired) electrons. The summed E-state index contributed by atoms with van der Waals surface area (Å²) < 4.78 is 0. The van der Waals surface area contributed by atoms with Gasteiger partial charge in [-0.2, -0.15) is 0 Å². The fraction of sp³-hybridized carbons (Fsp3) is 0.211. The third-order valence-corrected chi connectivity index (χ3v) is 3.86. The smallest absolute Gasteiger partial charge is 0.209 e. The van der Waals surface area contributed by atoms with E-state index in [2.05, 4.69) is 24.9 Å². The van der Waals surface area contributed by atoms with Crippen molar-refractivity contribution in [1.29, 1.82) is 0 Å². The number of aryl methyl sites for hydroxylation is 1. The van der Waals surface area contributed by atoms with E-state index in [1.54, 1.807) is 0 Å². The maximum atomic E-state index is 12.8. The SMILES string of the molecule is Cc1ccc(C(=O)c2[nH]c(C(C)C)c3ccccc23)cc1. The molecule has 2 heteroatoms. The second-order valence-electron chi connectivity index (χ2n) is 5.81. The molecule has 1 N–H and O–H groups in total. The van der Waals surface area contributed by atoms with E-state index in [0.717, 1.165) is 27.6 Å². The Kier molecular flexibility index (Phi) is 3.38. The molecular formula is C19H19NO. The van der Waals surface area contributed by atoms with Crippen molar-refractivity contribution in [3.05, 3.63) is 71.0 Å². The Labute approximate surface area is 124 Å². The second kappa shape index (κ2) is 5.21. The minimum Gasteiger partial charge on any atom is -0.354 e. The van der Waals surface area contributed by atoms with Gasteiger partial charge in [-0.25, -0.2) is 0 Å². The van der Waals surface area contributed by atoms with Crippen LogP contribution >= 0.6 is 0 Å². The van der Waals surface area contributed by atoms with Gasteiger partial charge in [0.2, 0.25) is 5.78 Å². The summed E-state index contributed by atoms with van der Waals surface area (Å²) in [5.41, 5.74) is 3.70. The van der Waals surface area contributed by atoms with E-state index in [4.69, 9.17) is 0 Å². The Morgan fingerprint density at radius 1 is 0.952 bits per heavy atom. The molecule has 0 spiro atoms. The standard InChI is InChI=1S/C19H19NO/c1-12(2)17-15-6-4-5-7-16(15)18(20-17)19(21)14-10-8-13(3)9-11-14/h4-12,20H,1-3H3. The number of aromatic nitrogens is 1. The Hall–Kier alpha value is -2.35. The molecule has 3 aromatic rings. The van der Waals surface area contributed by atoms with E-state index in [-0.39, 0.29) is 5.78 Å². The van der Waals surface area contributed by atoms with Gasteiger partial charge in [0.25, 0.3) is 0 Å². The highest BCUT2D eigenvalue weighted by atomic mass is 16.1. The molecular weight excluding hydrogens is 258 g/mol. The molecule has 0 saturated carbocycles. The number of hydrogen-bond donors (Lipinski definition) is 1. The van der Waals surface area contributed by atoms with Gasteiger partial charge in [-0.3, -0.25) is 4.79 Å². The number of H-pyrrole nitrogens is 1. The molecule has 0 atom stereocenters. The molecule has 0 amide bonds. The summed E-state index contributed by atoms with van der Waals surface area (Å²) in [5.74, 6) is 0.410. The molecule has 2 nitrogen and oxygen atoms in total. The van der Waals surface area contributed by atoms with Gasteiger partial charge in [0.15, 0.2) is 0 Å². The first-order valence-corrected chi connectivity index (χ1v) is 7.30. The first-order valence-electron chi connectivity index (χ1n) is 7.30. The topological polar surface area (TPSA) is 32.9 Å². The highest BCUT2D eigenvalue weighted by Gasteiger charge is 2.18. The van der Waals surface area contributed by atoms with Crippen LogP contribution in [0.5, 0.6) is 0 Å². The van der Waals surface area contributed by atoms with Crippen LogP contribution in [-0.4, -0.2) is 10.8 Å². The zero-order valence-corrected chi connectivity index (χ0v) is 12.6. The highest BCUT2D eigenvalue weighted by Crippen LogP contribution is 2.29. The number of carbonyl (C=O) groups excluding carboxylic acids is 1. The van der Waals surface area contributed by atoms with Crippen molar-refractivity contribution in [1.82, 2.24) is 4.98 Å². The van der Waals surface area contributed by atoms with Gasteiger partial charge >= 0.3 is 0 Å². The Bertz CT molecular complexity index is 794. The van der Waals surface area contributed by atoms with Crippen LogP contribution in [0, 0.1) is 6.92 Å². The number of hydrogen-bond acceptors (Lipinski definition) is 1. The van der Waals surface area contributed by atoms with Crippen molar-refractivity contribution in [3.63, 3.8) is 0 Å². The van der Waals surface area contributed by atoms with Crippen LogP contribution in [0.15, 0.2) is 48.5 Å². The lowest BCUT2D eigenvalue weighted by Crippen LogP contribution is -2.02. The minimum atomic E-state index is 0.0538. The molecule has 2 aromatic carbocycles. The average molecular weight is 277 g/mol. The van der Waals surface area contributed by atoms with Crippen molar-refractivity contribution in [2.24, 2.45) is 0 Å². The Morgan fingerprint density at radius 3 is 2.19 bits per heavy atom. The molecule has 21 heavy (non-hydrogen) atoms. The number of fused-ring (bicyclic) bond motifs is 1. The zero-order chi connectivity index (χ0) is 15.0. The molecule has 0 bridgehead atoms. The van der Waals surface area contributed by atoms with E-state index < -0.39 is 0 Å². The zero-order valence-electron chi connectivity index (χ0n) is 12.6. The van der Waals surface area contributed by atoms with Crippen LogP contribution < -0.4 is 0 Å². The predicted molar refractivity (Wildman–Crippen MR) is 87.0 cm³/mol. The number of nitrogens with one attached hydrogen (secondary N) is 1. The summed E-state index contributed by atoms with van der Waals surface area (Å²) in [6, 6.07) is 15.8. The lowest BCUT2D eigenvalue weighted by Gasteiger charge is -2.02. The van der Waals surface area contributed by atoms with Crippen LogP contribution in [-0.2, 0) is 0 Å². The number of carbonyl (C=O) groups is 1. The fourth-order valence-corrected chi connectivity index (χ4v) is 2.69. The molecule has 3 rings (SSSR count). The first-order chi connectivity index (χ1) is 10.1. The first kappa shape index (κ1) is 13.6. The van der Waals surface area contributed by atoms with Crippen LogP contribution in [0.1, 0.15) is 47.1 Å². The van der Waals surface area contributed by atoms with Crippen LogP contribution in [0.25, 0.3) is 10.8 Å². The van der Waals surface area contributed by atoms with Crippen LogP contribution in [0.2, 0.25) is 0 Å². The summed E-state index contributed by atoms with van der Waals surface area (Å²) in [4.78, 5) is 16.1. The molecule has 0 unspecified atom stereocenters. The molecule has 1 aromatic heterocycles. The second-order valence-corrected chi connectivity index (χ2v) is 5.81. The fourth-order valence-electron chi connectivity index (χ4n) is 2.69. The third kappa shape index (κ3) is 2.38. The van der Waals surface area contributed by atoms with E-state index in [0.29, 0.717) is 11.6 Å². The van der Waals surface area contributed by atoms with Gasteiger partial charge in [0, 0.05) is 22.0 Å². The van der Waals surface area contributed by atoms with Crippen LogP contribution in [0.3, 0.4) is 0 Å². The van der Waals surface area contributed by atoms with Gasteiger partial charge in [0.05, 0.1) is 5.69 Å². The summed E-state index contributed by atoms with van der Waals surface area (Å²) in [7, 11) is 0. The van der Waals surface area contributed by atoms with Crippen LogP contribution in [0.4, 0.5) is 0 Å². The van der Waals surface area contributed by atoms with E-state index in [1.165, 1.54) is 0 Å². The molecule has 0 aliphatic rings. The third-order valence-electron chi connectivity index (χ3n) is 3.86. The van der Waals surface area contributed by atoms with Crippen molar-refractivity contribution < 1.29 is 4.79 Å². The maximum absolute atomic E-state index is 12.8. The Balaban J connectivity index is 2.16. The minimum absolute atomic E-state index is 0.0538. The van der Waals surface area contributed by atoms with Gasteiger partial charge in [0.1, 0.15) is 0 Å². The number of rotatable bonds is 3. The van der Waals surface area contributed by atoms with Gasteiger partial charge < -0.3 is 4.98 Å². The van der Waals surface area contributed by atoms with Crippen molar-refractivity contribution in [2.45, 2.75) is 26.7 Å². The number of benzene rings is 2. The molecule has 0 aliphatic heterocycles. The highest BCUT2D eigenvalue weighted by molar-refractivity contribution is 6.16. The summed E-state index contributed by atoms with van der Waals surface area (Å²) in [6.45, 7) is 6.30. The lowest BCUT2D eigenvalue weighted by atomic mass is 10.0. The van der Waals surface area contributed by atoms with Crippen molar-refractivity contribution in [2.75, 3.05) is 0 Å². The monoisotopic (exact) mass is 277 g/mol. The van der Waals surface area contributed by atoms with Crippen molar-refractivity contribution >= 4 is 16.6 Å². The quantitative estimate of drug-likeness (QED) is 0.683. The summed E-state index contributed by atoms with van der Waals surface area (Å²) >= 11 is 0. The normalized spacial score (nSPS) is 11.2. The maximum Gasteiger partial charge on any atom is 0.209 e. The lowest BCUT2D eigenvalue weighted by molar-refractivity contribution is 0.103. The molecule has 106 valence electrons. The molecule has 0 saturated heterocycles. The van der Waals surface area contributed by atoms with Crippen molar-refractivity contribution in [3.8, 4) is 0 Å². The Morgan fingerprint density at radius 2 is 1.57 bits per heavy atom. The van der Waals surface area contributed by atoms with E-state index in [1.807, 2.05) is 49.4 Å². The van der Waals surface area contributed by atoms with Gasteiger partial charge in [-0.1, -0.05) is 67.9 Å². The summed E-state index contributed by atoms with van der Waals surface area (Å²) in [6.07, 6.45) is 0. The van der Waals surface area contributed by atoms with Gasteiger partial charge in [-0.05, 0) is 12.8 Å². The van der Waals surface area contributed by atoms with Gasteiger partial charge in [-0.15, -0.1) is 0 Å². The largest absolute Gasteiger partial charge is 0.354 e. The number of aromatic amines is 1. The molecule has 1 heterocycles. The summed E-state index contributed by atoms with van der Waals surface area (Å²) in [5, 5.41) is 2.15. The number of ketones is 1. The molecule has 0 aliphatic carbocycles. The average Bonchev–Trinajstić information content (AvgIpc) is 2.87.